The maximum Gasteiger partial charge on any atom is 0.339 e. The number of benzene rings is 2. The molecule has 1 fully saturated rings. The number of esters is 1. The van der Waals surface area contributed by atoms with E-state index in [9.17, 15) is 14.4 Å². The summed E-state index contributed by atoms with van der Waals surface area (Å²) in [6, 6.07) is 12.9. The lowest BCUT2D eigenvalue weighted by Crippen LogP contribution is -2.44. The van der Waals surface area contributed by atoms with Gasteiger partial charge in [-0.1, -0.05) is 43.6 Å². The van der Waals surface area contributed by atoms with E-state index < -0.39 is 5.97 Å². The predicted octanol–water partition coefficient (Wildman–Crippen LogP) is 4.23. The van der Waals surface area contributed by atoms with Crippen molar-refractivity contribution in [3.8, 4) is 0 Å². The zero-order valence-electron chi connectivity index (χ0n) is 16.6. The van der Waals surface area contributed by atoms with Crippen LogP contribution in [0.4, 0.5) is 0 Å². The Morgan fingerprint density at radius 1 is 0.966 bits per heavy atom. The number of carbonyl (C=O) groups excluding carboxylic acids is 3. The Balaban J connectivity index is 1.69. The molecule has 1 amide bonds. The molecule has 2 atom stereocenters. The molecular formula is C23H24ClNO4. The van der Waals surface area contributed by atoms with E-state index in [2.05, 4.69) is 13.8 Å². The van der Waals surface area contributed by atoms with E-state index >= 15 is 0 Å². The van der Waals surface area contributed by atoms with Crippen LogP contribution in [0.1, 0.15) is 46.5 Å². The minimum atomic E-state index is -0.686. The van der Waals surface area contributed by atoms with Crippen molar-refractivity contribution in [3.05, 3.63) is 70.2 Å². The van der Waals surface area contributed by atoms with Crippen LogP contribution in [-0.2, 0) is 9.53 Å². The second-order valence-corrected chi connectivity index (χ2v) is 8.14. The molecular weight excluding hydrogens is 390 g/mol. The monoisotopic (exact) mass is 413 g/mol. The average Bonchev–Trinajstić information content (AvgIpc) is 2.71. The summed E-state index contributed by atoms with van der Waals surface area (Å²) in [6.07, 6.45) is 1.09. The van der Waals surface area contributed by atoms with E-state index in [-0.39, 0.29) is 29.4 Å². The standard InChI is InChI=1S/C23H24ClNO4/c1-15-11-16(2)13-25(12-15)21(26)14-29-23(28)20-6-4-3-5-19(20)22(27)17-7-9-18(24)10-8-17/h3-10,15-16H,11-14H2,1-2H3. The Morgan fingerprint density at radius 2 is 1.55 bits per heavy atom. The number of nitrogens with zero attached hydrogens (tertiary/aromatic N) is 1. The molecule has 2 aromatic carbocycles. The zero-order chi connectivity index (χ0) is 21.0. The largest absolute Gasteiger partial charge is 0.452 e. The average molecular weight is 414 g/mol. The number of piperidine rings is 1. The first-order valence-electron chi connectivity index (χ1n) is 9.69. The van der Waals surface area contributed by atoms with E-state index in [1.54, 1.807) is 47.4 Å². The highest BCUT2D eigenvalue weighted by molar-refractivity contribution is 6.30. The van der Waals surface area contributed by atoms with Gasteiger partial charge in [-0.15, -0.1) is 0 Å². The summed E-state index contributed by atoms with van der Waals surface area (Å²) in [5.41, 5.74) is 0.787. The van der Waals surface area contributed by atoms with Gasteiger partial charge >= 0.3 is 5.97 Å². The van der Waals surface area contributed by atoms with E-state index in [0.29, 0.717) is 35.5 Å². The van der Waals surface area contributed by atoms with Gasteiger partial charge in [0.1, 0.15) is 0 Å². The third-order valence-corrected chi connectivity index (χ3v) is 5.30. The summed E-state index contributed by atoms with van der Waals surface area (Å²) < 4.78 is 5.26. The number of halogens is 1. The summed E-state index contributed by atoms with van der Waals surface area (Å²) in [5, 5.41) is 0.522. The topological polar surface area (TPSA) is 63.7 Å². The molecule has 0 aliphatic carbocycles. The number of rotatable bonds is 5. The SMILES string of the molecule is CC1CC(C)CN(C(=O)COC(=O)c2ccccc2C(=O)c2ccc(Cl)cc2)C1. The third-order valence-electron chi connectivity index (χ3n) is 5.05. The number of ether oxygens (including phenoxy) is 1. The fourth-order valence-electron chi connectivity index (χ4n) is 3.78. The van der Waals surface area contributed by atoms with Gasteiger partial charge in [0.25, 0.3) is 5.91 Å². The molecule has 152 valence electrons. The maximum absolute atomic E-state index is 12.8. The molecule has 1 aliphatic rings. The quantitative estimate of drug-likeness (QED) is 0.543. The Hall–Kier alpha value is -2.66. The van der Waals surface area contributed by atoms with Gasteiger partial charge in [0.2, 0.25) is 0 Å². The Kier molecular flexibility index (Phi) is 6.70. The molecule has 1 aliphatic heterocycles. The molecule has 5 nitrogen and oxygen atoms in total. The number of hydrogen-bond acceptors (Lipinski definition) is 4. The normalized spacial score (nSPS) is 18.9. The fourth-order valence-corrected chi connectivity index (χ4v) is 3.90. The van der Waals surface area contributed by atoms with E-state index in [1.165, 1.54) is 6.07 Å². The number of hydrogen-bond donors (Lipinski definition) is 0. The predicted molar refractivity (Wildman–Crippen MR) is 111 cm³/mol. The molecule has 2 aromatic rings. The lowest BCUT2D eigenvalue weighted by molar-refractivity contribution is -0.137. The van der Waals surface area contributed by atoms with Crippen molar-refractivity contribution < 1.29 is 19.1 Å². The molecule has 6 heteroatoms. The molecule has 0 aromatic heterocycles. The van der Waals surface area contributed by atoms with Gasteiger partial charge in [-0.2, -0.15) is 0 Å². The van der Waals surface area contributed by atoms with Gasteiger partial charge in [-0.3, -0.25) is 9.59 Å². The van der Waals surface area contributed by atoms with Crippen molar-refractivity contribution in [2.45, 2.75) is 20.3 Å². The molecule has 0 bridgehead atoms. The van der Waals surface area contributed by atoms with Crippen molar-refractivity contribution in [2.75, 3.05) is 19.7 Å². The molecule has 2 unspecified atom stereocenters. The van der Waals surface area contributed by atoms with Crippen LogP contribution < -0.4 is 0 Å². The summed E-state index contributed by atoms with van der Waals surface area (Å²) in [5.74, 6) is -0.348. The zero-order valence-corrected chi connectivity index (χ0v) is 17.3. The van der Waals surface area contributed by atoms with Crippen molar-refractivity contribution in [1.82, 2.24) is 4.90 Å². The Morgan fingerprint density at radius 3 is 2.17 bits per heavy atom. The Labute approximate surface area is 175 Å². The summed E-state index contributed by atoms with van der Waals surface area (Å²) in [4.78, 5) is 39.6. The van der Waals surface area contributed by atoms with Crippen LogP contribution in [0, 0.1) is 11.8 Å². The molecule has 1 heterocycles. The van der Waals surface area contributed by atoms with Crippen LogP contribution in [-0.4, -0.2) is 42.3 Å². The van der Waals surface area contributed by atoms with Crippen LogP contribution in [0.15, 0.2) is 48.5 Å². The number of likely N-dealkylation sites (tertiary alicyclic amines) is 1. The lowest BCUT2D eigenvalue weighted by Gasteiger charge is -2.34. The van der Waals surface area contributed by atoms with Gasteiger partial charge < -0.3 is 9.64 Å². The molecule has 0 radical (unpaired) electrons. The smallest absolute Gasteiger partial charge is 0.339 e. The molecule has 0 N–H and O–H groups in total. The molecule has 0 spiro atoms. The van der Waals surface area contributed by atoms with Crippen molar-refractivity contribution in [1.29, 1.82) is 0 Å². The summed E-state index contributed by atoms with van der Waals surface area (Å²) in [7, 11) is 0. The van der Waals surface area contributed by atoms with Crippen LogP contribution in [0.3, 0.4) is 0 Å². The van der Waals surface area contributed by atoms with Crippen LogP contribution in [0.2, 0.25) is 5.02 Å². The minimum Gasteiger partial charge on any atom is -0.452 e. The molecule has 3 rings (SSSR count). The lowest BCUT2D eigenvalue weighted by atomic mass is 9.92. The molecule has 1 saturated heterocycles. The van der Waals surface area contributed by atoms with Gasteiger partial charge in [0.05, 0.1) is 5.56 Å². The van der Waals surface area contributed by atoms with Gasteiger partial charge in [0.15, 0.2) is 12.4 Å². The van der Waals surface area contributed by atoms with Crippen molar-refractivity contribution >= 4 is 29.3 Å². The highest BCUT2D eigenvalue weighted by Gasteiger charge is 2.26. The first-order chi connectivity index (χ1) is 13.8. The van der Waals surface area contributed by atoms with Gasteiger partial charge in [-0.25, -0.2) is 4.79 Å². The summed E-state index contributed by atoms with van der Waals surface area (Å²) >= 11 is 5.88. The first kappa shape index (κ1) is 21.1. The second-order valence-electron chi connectivity index (χ2n) is 7.70. The maximum atomic E-state index is 12.8. The second kappa shape index (κ2) is 9.23. The molecule has 29 heavy (non-hydrogen) atoms. The van der Waals surface area contributed by atoms with Gasteiger partial charge in [0, 0.05) is 29.2 Å². The first-order valence-corrected chi connectivity index (χ1v) is 10.1. The number of ketones is 1. The van der Waals surface area contributed by atoms with Crippen molar-refractivity contribution in [3.63, 3.8) is 0 Å². The van der Waals surface area contributed by atoms with E-state index in [4.69, 9.17) is 16.3 Å². The highest BCUT2D eigenvalue weighted by Crippen LogP contribution is 2.21. The van der Waals surface area contributed by atoms with E-state index in [0.717, 1.165) is 6.42 Å². The highest BCUT2D eigenvalue weighted by atomic mass is 35.5. The van der Waals surface area contributed by atoms with Crippen molar-refractivity contribution in [2.24, 2.45) is 11.8 Å². The Bertz CT molecular complexity index is 899. The molecule has 0 saturated carbocycles. The summed E-state index contributed by atoms with van der Waals surface area (Å²) in [6.45, 7) is 5.24. The van der Waals surface area contributed by atoms with Crippen LogP contribution >= 0.6 is 11.6 Å². The van der Waals surface area contributed by atoms with Crippen LogP contribution in [0.25, 0.3) is 0 Å². The minimum absolute atomic E-state index is 0.139. The van der Waals surface area contributed by atoms with E-state index in [1.807, 2.05) is 0 Å². The third kappa shape index (κ3) is 5.24. The van der Waals surface area contributed by atoms with Crippen LogP contribution in [0.5, 0.6) is 0 Å². The number of carbonyl (C=O) groups is 3. The number of amides is 1. The fraction of sp³-hybridized carbons (Fsp3) is 0.348. The van der Waals surface area contributed by atoms with Gasteiger partial charge in [-0.05, 0) is 48.6 Å².